The van der Waals surface area contributed by atoms with Crippen LogP contribution < -0.4 is 15.2 Å². The molecule has 1 saturated heterocycles. The van der Waals surface area contributed by atoms with Gasteiger partial charge in [-0.1, -0.05) is 12.1 Å². The van der Waals surface area contributed by atoms with Crippen molar-refractivity contribution in [3.63, 3.8) is 0 Å². The van der Waals surface area contributed by atoms with Crippen molar-refractivity contribution in [2.45, 2.75) is 19.4 Å². The van der Waals surface area contributed by atoms with Gasteiger partial charge in [-0.15, -0.1) is 0 Å². The zero-order valence-corrected chi connectivity index (χ0v) is 11.0. The minimum absolute atomic E-state index is 0.468. The molecule has 18 heavy (non-hydrogen) atoms. The second-order valence-electron chi connectivity index (χ2n) is 4.55. The van der Waals surface area contributed by atoms with E-state index in [1.165, 1.54) is 25.9 Å². The third-order valence-corrected chi connectivity index (χ3v) is 3.35. The number of rotatable bonds is 6. The number of hydrogen-bond donors (Lipinski definition) is 1. The molecule has 1 aliphatic rings. The molecule has 1 aliphatic heterocycles. The van der Waals surface area contributed by atoms with Gasteiger partial charge < -0.3 is 15.2 Å². The highest BCUT2D eigenvalue weighted by Gasteiger charge is 2.13. The molecule has 0 aromatic heterocycles. The zero-order valence-electron chi connectivity index (χ0n) is 11.0. The van der Waals surface area contributed by atoms with Crippen LogP contribution in [0.1, 0.15) is 18.4 Å². The van der Waals surface area contributed by atoms with E-state index in [0.29, 0.717) is 13.2 Å². The number of benzene rings is 1. The molecule has 0 bridgehead atoms. The van der Waals surface area contributed by atoms with Gasteiger partial charge in [-0.25, -0.2) is 0 Å². The molecule has 1 fully saturated rings. The fraction of sp³-hybridized carbons (Fsp3) is 0.571. The molecular weight excluding hydrogens is 228 g/mol. The molecule has 0 unspecified atom stereocenters. The summed E-state index contributed by atoms with van der Waals surface area (Å²) in [4.78, 5) is 2.43. The maximum atomic E-state index is 5.87. The van der Waals surface area contributed by atoms with Crippen LogP contribution in [0.4, 0.5) is 0 Å². The summed E-state index contributed by atoms with van der Waals surface area (Å²) < 4.78 is 11.2. The van der Waals surface area contributed by atoms with Crippen LogP contribution in [0.3, 0.4) is 0 Å². The number of nitrogens with two attached hydrogens (primary N) is 1. The van der Waals surface area contributed by atoms with E-state index >= 15 is 0 Å². The van der Waals surface area contributed by atoms with Crippen LogP contribution in [0.15, 0.2) is 18.2 Å². The predicted octanol–water partition coefficient (Wildman–Crippen LogP) is 1.63. The van der Waals surface area contributed by atoms with E-state index in [2.05, 4.69) is 4.90 Å². The van der Waals surface area contributed by atoms with Crippen LogP contribution in [-0.2, 0) is 6.54 Å². The summed E-state index contributed by atoms with van der Waals surface area (Å²) in [5, 5.41) is 0. The summed E-state index contributed by atoms with van der Waals surface area (Å²) in [5.74, 6) is 1.56. The van der Waals surface area contributed by atoms with Gasteiger partial charge in [0.05, 0.1) is 7.11 Å². The molecule has 4 nitrogen and oxygen atoms in total. The average Bonchev–Trinajstić information content (AvgIpc) is 2.92. The Hall–Kier alpha value is -1.26. The second-order valence-corrected chi connectivity index (χ2v) is 4.55. The molecular formula is C14H22N2O2. The summed E-state index contributed by atoms with van der Waals surface area (Å²) in [5.41, 5.74) is 6.72. The first kappa shape index (κ1) is 13.2. The van der Waals surface area contributed by atoms with Crippen LogP contribution in [-0.4, -0.2) is 38.3 Å². The minimum atomic E-state index is 0.468. The monoisotopic (exact) mass is 250 g/mol. The highest BCUT2D eigenvalue weighted by Crippen LogP contribution is 2.30. The fourth-order valence-electron chi connectivity index (χ4n) is 2.33. The Morgan fingerprint density at radius 1 is 1.28 bits per heavy atom. The molecule has 1 heterocycles. The van der Waals surface area contributed by atoms with Gasteiger partial charge in [0.25, 0.3) is 0 Å². The Balaban J connectivity index is 1.94. The summed E-state index contributed by atoms with van der Waals surface area (Å²) in [7, 11) is 1.66. The number of likely N-dealkylation sites (tertiary alicyclic amines) is 1. The molecule has 4 heteroatoms. The van der Waals surface area contributed by atoms with Crippen LogP contribution in [0.2, 0.25) is 0 Å². The Labute approximate surface area is 109 Å². The van der Waals surface area contributed by atoms with E-state index < -0.39 is 0 Å². The van der Waals surface area contributed by atoms with Crippen LogP contribution in [0, 0.1) is 0 Å². The van der Waals surface area contributed by atoms with Crippen LogP contribution in [0.25, 0.3) is 0 Å². The maximum absolute atomic E-state index is 5.87. The Kier molecular flexibility index (Phi) is 4.84. The average molecular weight is 250 g/mol. The maximum Gasteiger partial charge on any atom is 0.165 e. The first-order chi connectivity index (χ1) is 8.85. The van der Waals surface area contributed by atoms with Crippen molar-refractivity contribution in [1.82, 2.24) is 4.90 Å². The molecule has 1 aromatic rings. The highest BCUT2D eigenvalue weighted by atomic mass is 16.5. The van der Waals surface area contributed by atoms with Crippen molar-refractivity contribution < 1.29 is 9.47 Å². The van der Waals surface area contributed by atoms with E-state index in [0.717, 1.165) is 23.6 Å². The van der Waals surface area contributed by atoms with Gasteiger partial charge in [0.15, 0.2) is 11.5 Å². The van der Waals surface area contributed by atoms with Gasteiger partial charge in [-0.05, 0) is 32.0 Å². The standard InChI is InChI=1S/C14H22N2O2/c1-17-13-6-4-5-12(11-15)14(13)18-10-9-16-7-2-3-8-16/h4-6H,2-3,7-11,15H2,1H3. The Morgan fingerprint density at radius 2 is 2.06 bits per heavy atom. The lowest BCUT2D eigenvalue weighted by molar-refractivity contribution is 0.229. The molecule has 100 valence electrons. The van der Waals surface area contributed by atoms with Gasteiger partial charge in [-0.3, -0.25) is 4.90 Å². The fourth-order valence-corrected chi connectivity index (χ4v) is 2.33. The van der Waals surface area contributed by atoms with E-state index in [9.17, 15) is 0 Å². The minimum Gasteiger partial charge on any atom is -0.493 e. The van der Waals surface area contributed by atoms with Crippen molar-refractivity contribution in [3.05, 3.63) is 23.8 Å². The number of hydrogen-bond acceptors (Lipinski definition) is 4. The lowest BCUT2D eigenvalue weighted by Crippen LogP contribution is -2.25. The number of ether oxygens (including phenoxy) is 2. The van der Waals surface area contributed by atoms with Gasteiger partial charge in [-0.2, -0.15) is 0 Å². The molecule has 0 radical (unpaired) electrons. The zero-order chi connectivity index (χ0) is 12.8. The molecule has 2 rings (SSSR count). The largest absolute Gasteiger partial charge is 0.493 e. The second kappa shape index (κ2) is 6.61. The van der Waals surface area contributed by atoms with Gasteiger partial charge in [0.2, 0.25) is 0 Å². The van der Waals surface area contributed by atoms with Crippen molar-refractivity contribution in [2.75, 3.05) is 33.4 Å². The summed E-state index contributed by atoms with van der Waals surface area (Å²) in [6.07, 6.45) is 2.62. The molecule has 2 N–H and O–H groups in total. The lowest BCUT2D eigenvalue weighted by Gasteiger charge is -2.17. The first-order valence-electron chi connectivity index (χ1n) is 6.56. The molecule has 0 atom stereocenters. The topological polar surface area (TPSA) is 47.7 Å². The van der Waals surface area contributed by atoms with E-state index in [-0.39, 0.29) is 0 Å². The summed E-state index contributed by atoms with van der Waals surface area (Å²) in [6.45, 7) is 4.52. The first-order valence-corrected chi connectivity index (χ1v) is 6.56. The van der Waals surface area contributed by atoms with Crippen molar-refractivity contribution in [1.29, 1.82) is 0 Å². The quantitative estimate of drug-likeness (QED) is 0.833. The van der Waals surface area contributed by atoms with Crippen molar-refractivity contribution in [3.8, 4) is 11.5 Å². The Bertz CT molecular complexity index is 354. The van der Waals surface area contributed by atoms with Gasteiger partial charge >= 0.3 is 0 Å². The van der Waals surface area contributed by atoms with Crippen molar-refractivity contribution in [2.24, 2.45) is 5.73 Å². The number of para-hydroxylation sites is 1. The van der Waals surface area contributed by atoms with Gasteiger partial charge in [0, 0.05) is 18.7 Å². The lowest BCUT2D eigenvalue weighted by atomic mass is 10.2. The normalized spacial score (nSPS) is 15.9. The van der Waals surface area contributed by atoms with Crippen LogP contribution >= 0.6 is 0 Å². The van der Waals surface area contributed by atoms with E-state index in [1.54, 1.807) is 7.11 Å². The van der Waals surface area contributed by atoms with Crippen LogP contribution in [0.5, 0.6) is 11.5 Å². The predicted molar refractivity (Wildman–Crippen MR) is 72.1 cm³/mol. The smallest absolute Gasteiger partial charge is 0.165 e. The number of nitrogens with zero attached hydrogens (tertiary/aromatic N) is 1. The molecule has 0 spiro atoms. The SMILES string of the molecule is COc1cccc(CN)c1OCCN1CCCC1. The number of methoxy groups -OCH3 is 1. The molecule has 1 aromatic carbocycles. The van der Waals surface area contributed by atoms with Gasteiger partial charge in [0.1, 0.15) is 6.61 Å². The summed E-state index contributed by atoms with van der Waals surface area (Å²) >= 11 is 0. The Morgan fingerprint density at radius 3 is 2.72 bits per heavy atom. The molecule has 0 saturated carbocycles. The third-order valence-electron chi connectivity index (χ3n) is 3.35. The highest BCUT2D eigenvalue weighted by molar-refractivity contribution is 5.46. The summed E-state index contributed by atoms with van der Waals surface area (Å²) in [6, 6.07) is 5.83. The van der Waals surface area contributed by atoms with Crippen molar-refractivity contribution >= 4 is 0 Å². The third kappa shape index (κ3) is 3.15. The van der Waals surface area contributed by atoms with E-state index in [4.69, 9.17) is 15.2 Å². The molecule has 0 amide bonds. The van der Waals surface area contributed by atoms with E-state index in [1.807, 2.05) is 18.2 Å². The molecule has 0 aliphatic carbocycles.